The molecule has 0 unspecified atom stereocenters. The van der Waals surface area contributed by atoms with Crippen LogP contribution < -0.4 is 11.1 Å². The highest BCUT2D eigenvalue weighted by molar-refractivity contribution is 6.26. The number of carbonyl (C=O) groups excluding carboxylic acids is 2. The number of benzene rings is 2. The van der Waals surface area contributed by atoms with Gasteiger partial charge in [0.25, 0.3) is 5.91 Å². The number of ketones is 1. The third-order valence-electron chi connectivity index (χ3n) is 5.84. The molecule has 3 N–H and O–H groups in total. The number of fused-ring (bicyclic) bond motifs is 2. The molecule has 3 aromatic rings. The third kappa shape index (κ3) is 2.52. The molecule has 2 aliphatic rings. The molecule has 0 bridgehead atoms. The van der Waals surface area contributed by atoms with Crippen LogP contribution in [0, 0.1) is 0 Å². The van der Waals surface area contributed by atoms with Crippen LogP contribution in [0.4, 0.5) is 0 Å². The molecule has 1 amide bonds. The zero-order chi connectivity index (χ0) is 19.3. The summed E-state index contributed by atoms with van der Waals surface area (Å²) >= 11 is 0. The molecular formula is C22H20N4O2. The van der Waals surface area contributed by atoms with Crippen molar-refractivity contribution >= 4 is 22.6 Å². The lowest BCUT2D eigenvalue weighted by Gasteiger charge is -2.29. The van der Waals surface area contributed by atoms with Gasteiger partial charge in [-0.3, -0.25) is 9.59 Å². The van der Waals surface area contributed by atoms with Crippen molar-refractivity contribution in [2.45, 2.75) is 37.8 Å². The van der Waals surface area contributed by atoms with E-state index in [1.165, 1.54) is 6.33 Å². The first kappa shape index (κ1) is 17.0. The van der Waals surface area contributed by atoms with E-state index < -0.39 is 0 Å². The molecule has 1 heterocycles. The lowest BCUT2D eigenvalue weighted by atomic mass is 9.85. The molecule has 2 atom stereocenters. The predicted octanol–water partition coefficient (Wildman–Crippen LogP) is 2.84. The van der Waals surface area contributed by atoms with Crippen molar-refractivity contribution in [3.05, 3.63) is 59.4 Å². The first-order valence-electron chi connectivity index (χ1n) is 9.63. The number of nitrogens with one attached hydrogen (secondary N) is 1. The van der Waals surface area contributed by atoms with Gasteiger partial charge in [0.1, 0.15) is 6.33 Å². The van der Waals surface area contributed by atoms with Crippen LogP contribution in [-0.4, -0.2) is 33.7 Å². The van der Waals surface area contributed by atoms with Crippen LogP contribution in [-0.2, 0) is 0 Å². The summed E-state index contributed by atoms with van der Waals surface area (Å²) in [5.41, 5.74) is 9.77. The standard InChI is InChI=1S/C22H20N4O2/c23-16-7-3-4-8-17(16)26-22(28)15-10-9-14-18-19(24-11-25-20(15)18)12-5-1-2-6-13(12)21(14)27/h1-2,5-6,9-11,16-17H,3-4,7-8,23H2,(H,26,28)/t16-,17-/m1/s1. The Labute approximate surface area is 162 Å². The normalized spacial score (nSPS) is 20.7. The Hall–Kier alpha value is -3.12. The minimum absolute atomic E-state index is 0.0271. The highest BCUT2D eigenvalue weighted by Crippen LogP contribution is 2.38. The van der Waals surface area contributed by atoms with Gasteiger partial charge < -0.3 is 11.1 Å². The summed E-state index contributed by atoms with van der Waals surface area (Å²) in [5.74, 6) is -0.269. The fraction of sp³-hybridized carbons (Fsp3) is 0.273. The van der Waals surface area contributed by atoms with E-state index in [4.69, 9.17) is 5.73 Å². The molecule has 2 aromatic carbocycles. The highest BCUT2D eigenvalue weighted by Gasteiger charge is 2.29. The maximum absolute atomic E-state index is 13.0. The summed E-state index contributed by atoms with van der Waals surface area (Å²) in [6, 6.07) is 10.7. The molecule has 5 rings (SSSR count). The smallest absolute Gasteiger partial charge is 0.253 e. The molecule has 1 aromatic heterocycles. The molecule has 1 fully saturated rings. The summed E-state index contributed by atoms with van der Waals surface area (Å²) < 4.78 is 0. The number of carbonyl (C=O) groups is 2. The largest absolute Gasteiger partial charge is 0.348 e. The van der Waals surface area contributed by atoms with Crippen molar-refractivity contribution in [2.24, 2.45) is 5.73 Å². The van der Waals surface area contributed by atoms with Crippen LogP contribution in [0.1, 0.15) is 52.0 Å². The second kappa shape index (κ2) is 6.49. The van der Waals surface area contributed by atoms with Crippen LogP contribution in [0.2, 0.25) is 0 Å². The van der Waals surface area contributed by atoms with Crippen molar-refractivity contribution in [1.82, 2.24) is 15.3 Å². The van der Waals surface area contributed by atoms with E-state index in [0.29, 0.717) is 33.3 Å². The fourth-order valence-electron chi connectivity index (χ4n) is 4.37. The minimum Gasteiger partial charge on any atom is -0.348 e. The van der Waals surface area contributed by atoms with Crippen LogP contribution in [0.3, 0.4) is 0 Å². The van der Waals surface area contributed by atoms with E-state index >= 15 is 0 Å². The predicted molar refractivity (Wildman–Crippen MR) is 106 cm³/mol. The lowest BCUT2D eigenvalue weighted by Crippen LogP contribution is -2.49. The van der Waals surface area contributed by atoms with Gasteiger partial charge in [-0.1, -0.05) is 37.1 Å². The SMILES string of the molecule is N[C@@H]1CCCC[C@H]1NC(=O)c1ccc2c3c(ncnc13)-c1ccccc1C2=O. The molecule has 1 saturated carbocycles. The first-order valence-corrected chi connectivity index (χ1v) is 9.63. The van der Waals surface area contributed by atoms with E-state index in [-0.39, 0.29) is 23.8 Å². The van der Waals surface area contributed by atoms with Gasteiger partial charge in [0.05, 0.1) is 16.8 Å². The summed E-state index contributed by atoms with van der Waals surface area (Å²) in [6.07, 6.45) is 5.42. The molecule has 28 heavy (non-hydrogen) atoms. The molecule has 2 aliphatic carbocycles. The Morgan fingerprint density at radius 3 is 2.61 bits per heavy atom. The Bertz CT molecular complexity index is 1120. The number of nitrogens with zero attached hydrogens (tertiary/aromatic N) is 2. The van der Waals surface area contributed by atoms with Crippen LogP contribution in [0.15, 0.2) is 42.7 Å². The highest BCUT2D eigenvalue weighted by atomic mass is 16.1. The minimum atomic E-state index is -0.204. The average molecular weight is 372 g/mol. The van der Waals surface area contributed by atoms with E-state index in [1.807, 2.05) is 18.2 Å². The summed E-state index contributed by atoms with van der Waals surface area (Å²) in [5, 5.41) is 3.72. The van der Waals surface area contributed by atoms with E-state index in [0.717, 1.165) is 31.2 Å². The quantitative estimate of drug-likeness (QED) is 0.564. The Balaban J connectivity index is 1.63. The van der Waals surface area contributed by atoms with Gasteiger partial charge in [0.15, 0.2) is 5.78 Å². The van der Waals surface area contributed by atoms with Gasteiger partial charge in [-0.05, 0) is 25.0 Å². The van der Waals surface area contributed by atoms with Gasteiger partial charge in [0, 0.05) is 34.2 Å². The number of hydrogen-bond acceptors (Lipinski definition) is 5. The topological polar surface area (TPSA) is 98.0 Å². The molecule has 6 heteroatoms. The van der Waals surface area contributed by atoms with Crippen molar-refractivity contribution in [1.29, 1.82) is 0 Å². The maximum Gasteiger partial charge on any atom is 0.253 e. The average Bonchev–Trinajstić information content (AvgIpc) is 2.73. The summed E-state index contributed by atoms with van der Waals surface area (Å²) in [4.78, 5) is 34.8. The van der Waals surface area contributed by atoms with E-state index in [1.54, 1.807) is 18.2 Å². The number of rotatable bonds is 2. The van der Waals surface area contributed by atoms with Gasteiger partial charge in [-0.25, -0.2) is 9.97 Å². The second-order valence-electron chi connectivity index (χ2n) is 7.51. The molecule has 0 spiro atoms. The molecular weight excluding hydrogens is 352 g/mol. The van der Waals surface area contributed by atoms with E-state index in [2.05, 4.69) is 15.3 Å². The van der Waals surface area contributed by atoms with Crippen molar-refractivity contribution in [3.63, 3.8) is 0 Å². The maximum atomic E-state index is 13.0. The van der Waals surface area contributed by atoms with E-state index in [9.17, 15) is 9.59 Å². The van der Waals surface area contributed by atoms with Crippen LogP contribution in [0.5, 0.6) is 0 Å². The second-order valence-corrected chi connectivity index (χ2v) is 7.51. The van der Waals surface area contributed by atoms with Gasteiger partial charge in [-0.15, -0.1) is 0 Å². The molecule has 140 valence electrons. The lowest BCUT2D eigenvalue weighted by molar-refractivity contribution is 0.0921. The zero-order valence-corrected chi connectivity index (χ0v) is 15.3. The Kier molecular flexibility index (Phi) is 3.94. The summed E-state index contributed by atoms with van der Waals surface area (Å²) in [7, 11) is 0. The Morgan fingerprint density at radius 2 is 1.79 bits per heavy atom. The number of nitrogens with two attached hydrogens (primary N) is 1. The molecule has 0 aliphatic heterocycles. The van der Waals surface area contributed by atoms with Gasteiger partial charge in [-0.2, -0.15) is 0 Å². The third-order valence-corrected chi connectivity index (χ3v) is 5.84. The molecule has 0 saturated heterocycles. The Morgan fingerprint density at radius 1 is 1.00 bits per heavy atom. The molecule has 6 nitrogen and oxygen atoms in total. The van der Waals surface area contributed by atoms with Gasteiger partial charge in [0.2, 0.25) is 0 Å². The fourth-order valence-corrected chi connectivity index (χ4v) is 4.37. The van der Waals surface area contributed by atoms with Crippen LogP contribution in [0.25, 0.3) is 22.2 Å². The number of aromatic nitrogens is 2. The zero-order valence-electron chi connectivity index (χ0n) is 15.3. The first-order chi connectivity index (χ1) is 13.6. The summed E-state index contributed by atoms with van der Waals surface area (Å²) in [6.45, 7) is 0. The molecule has 0 radical (unpaired) electrons. The van der Waals surface area contributed by atoms with Crippen molar-refractivity contribution < 1.29 is 9.59 Å². The van der Waals surface area contributed by atoms with Crippen molar-refractivity contribution in [3.8, 4) is 11.3 Å². The number of amides is 1. The van der Waals surface area contributed by atoms with Crippen LogP contribution >= 0.6 is 0 Å². The van der Waals surface area contributed by atoms with Crippen molar-refractivity contribution in [2.75, 3.05) is 0 Å². The monoisotopic (exact) mass is 372 g/mol. The number of hydrogen-bond donors (Lipinski definition) is 2. The van der Waals surface area contributed by atoms with Gasteiger partial charge >= 0.3 is 0 Å².